The second kappa shape index (κ2) is 8.18. The van der Waals surface area contributed by atoms with Crippen molar-refractivity contribution in [2.45, 2.75) is 20.0 Å². The molecule has 1 heterocycles. The average Bonchev–Trinajstić information content (AvgIpc) is 2.95. The van der Waals surface area contributed by atoms with Gasteiger partial charge in [-0.2, -0.15) is 5.10 Å². The average molecular weight is 403 g/mol. The molecular weight excluding hydrogens is 387 g/mol. The van der Waals surface area contributed by atoms with Crippen molar-refractivity contribution >= 4 is 23.2 Å². The molecule has 0 saturated carbocycles. The van der Waals surface area contributed by atoms with E-state index >= 15 is 0 Å². The zero-order valence-electron chi connectivity index (χ0n) is 14.9. The molecule has 2 aromatic carbocycles. The first-order chi connectivity index (χ1) is 13.4. The highest BCUT2D eigenvalue weighted by Gasteiger charge is 2.21. The smallest absolute Gasteiger partial charge is 0.274 e. The molecule has 0 saturated heterocycles. The van der Waals surface area contributed by atoms with Gasteiger partial charge in [0, 0.05) is 18.2 Å². The molecule has 1 aromatic heterocycles. The van der Waals surface area contributed by atoms with Crippen molar-refractivity contribution in [1.82, 2.24) is 15.1 Å². The summed E-state index contributed by atoms with van der Waals surface area (Å²) in [5.74, 6) is -0.826. The predicted octanol–water partition coefficient (Wildman–Crippen LogP) is 3.87. The number of rotatable bonds is 6. The number of nitro benzene ring substituents is 1. The molecule has 144 valence electrons. The van der Waals surface area contributed by atoms with Gasteiger partial charge in [0.2, 0.25) is 0 Å². The molecule has 0 spiro atoms. The lowest BCUT2D eigenvalue weighted by Gasteiger charge is -2.07. The Bertz CT molecular complexity index is 1030. The Balaban J connectivity index is 1.76. The molecule has 0 aliphatic heterocycles. The fourth-order valence-electron chi connectivity index (χ4n) is 2.78. The number of nitrogens with one attached hydrogen (secondary N) is 1. The molecule has 1 N–H and O–H groups in total. The van der Waals surface area contributed by atoms with Crippen LogP contribution in [0.5, 0.6) is 0 Å². The number of halogens is 2. The van der Waals surface area contributed by atoms with E-state index in [1.54, 1.807) is 37.3 Å². The van der Waals surface area contributed by atoms with Crippen molar-refractivity contribution in [1.29, 1.82) is 0 Å². The van der Waals surface area contributed by atoms with Crippen LogP contribution in [0.2, 0.25) is 5.15 Å². The van der Waals surface area contributed by atoms with Crippen molar-refractivity contribution in [3.05, 3.63) is 92.0 Å². The number of carbonyl (C=O) groups is 1. The summed E-state index contributed by atoms with van der Waals surface area (Å²) in [6.07, 6.45) is 0. The lowest BCUT2D eigenvalue weighted by atomic mass is 10.1. The minimum atomic E-state index is -0.500. The van der Waals surface area contributed by atoms with Gasteiger partial charge in [0.1, 0.15) is 11.0 Å². The van der Waals surface area contributed by atoms with E-state index in [0.29, 0.717) is 11.3 Å². The van der Waals surface area contributed by atoms with Crippen LogP contribution in [0, 0.1) is 22.9 Å². The van der Waals surface area contributed by atoms with Gasteiger partial charge in [-0.3, -0.25) is 14.9 Å². The Hall–Kier alpha value is -3.26. The molecule has 0 radical (unpaired) electrons. The summed E-state index contributed by atoms with van der Waals surface area (Å²) in [5.41, 5.74) is 1.71. The van der Waals surface area contributed by atoms with Crippen LogP contribution in [0.15, 0.2) is 48.5 Å². The van der Waals surface area contributed by atoms with Crippen LogP contribution in [-0.4, -0.2) is 20.6 Å². The molecule has 7 nitrogen and oxygen atoms in total. The van der Waals surface area contributed by atoms with E-state index in [1.165, 1.54) is 22.9 Å². The van der Waals surface area contributed by atoms with Crippen molar-refractivity contribution < 1.29 is 14.1 Å². The van der Waals surface area contributed by atoms with Gasteiger partial charge in [0.15, 0.2) is 0 Å². The van der Waals surface area contributed by atoms with Crippen molar-refractivity contribution in [2.75, 3.05) is 0 Å². The minimum Gasteiger partial charge on any atom is -0.348 e. The minimum absolute atomic E-state index is 0.0190. The molecule has 9 heteroatoms. The van der Waals surface area contributed by atoms with Gasteiger partial charge in [-0.05, 0) is 24.6 Å². The number of nitro groups is 1. The van der Waals surface area contributed by atoms with Crippen LogP contribution >= 0.6 is 11.6 Å². The van der Waals surface area contributed by atoms with E-state index in [0.717, 1.165) is 5.56 Å². The Morgan fingerprint density at radius 2 is 1.93 bits per heavy atom. The van der Waals surface area contributed by atoms with Gasteiger partial charge >= 0.3 is 0 Å². The van der Waals surface area contributed by atoms with Crippen LogP contribution < -0.4 is 5.32 Å². The molecule has 3 aromatic rings. The summed E-state index contributed by atoms with van der Waals surface area (Å²) in [4.78, 5) is 23.2. The van der Waals surface area contributed by atoms with Gasteiger partial charge in [0.05, 0.1) is 22.7 Å². The van der Waals surface area contributed by atoms with Crippen LogP contribution in [0.25, 0.3) is 0 Å². The first-order valence-electron chi connectivity index (χ1n) is 8.34. The van der Waals surface area contributed by atoms with Gasteiger partial charge in [-0.25, -0.2) is 9.07 Å². The number of hydrogen-bond acceptors (Lipinski definition) is 4. The maximum atomic E-state index is 13.0. The maximum absolute atomic E-state index is 13.0. The van der Waals surface area contributed by atoms with Crippen molar-refractivity contribution in [3.63, 3.8) is 0 Å². The molecule has 0 bridgehead atoms. The van der Waals surface area contributed by atoms with E-state index in [1.807, 2.05) is 0 Å². The van der Waals surface area contributed by atoms with Crippen LogP contribution in [-0.2, 0) is 13.1 Å². The normalized spacial score (nSPS) is 10.7. The zero-order chi connectivity index (χ0) is 20.3. The number of benzene rings is 2. The summed E-state index contributed by atoms with van der Waals surface area (Å²) in [7, 11) is 0. The number of carbonyl (C=O) groups excluding carboxylic acids is 1. The third-order valence-electron chi connectivity index (χ3n) is 4.17. The molecule has 0 fully saturated rings. The fraction of sp³-hybridized carbons (Fsp3) is 0.158. The lowest BCUT2D eigenvalue weighted by molar-refractivity contribution is -0.385. The second-order valence-corrected chi connectivity index (χ2v) is 6.46. The lowest BCUT2D eigenvalue weighted by Crippen LogP contribution is -2.24. The first kappa shape index (κ1) is 19.5. The van der Waals surface area contributed by atoms with Gasteiger partial charge in [-0.1, -0.05) is 41.9 Å². The third kappa shape index (κ3) is 4.17. The first-order valence-corrected chi connectivity index (χ1v) is 8.72. The number of para-hydroxylation sites is 1. The fourth-order valence-corrected chi connectivity index (χ4v) is 3.10. The summed E-state index contributed by atoms with van der Waals surface area (Å²) in [5, 5.41) is 18.1. The number of hydrogen-bond donors (Lipinski definition) is 1. The van der Waals surface area contributed by atoms with Crippen molar-refractivity contribution in [3.8, 4) is 0 Å². The molecular formula is C19H16ClFN4O3. The predicted molar refractivity (Wildman–Crippen MR) is 102 cm³/mol. The Morgan fingerprint density at radius 1 is 1.25 bits per heavy atom. The SMILES string of the molecule is Cc1nn(Cc2ccc(F)cc2)c(Cl)c1C(=O)NCc1ccccc1[N+](=O)[O-]. The Labute approximate surface area is 164 Å². The number of amides is 1. The zero-order valence-corrected chi connectivity index (χ0v) is 15.6. The maximum Gasteiger partial charge on any atom is 0.274 e. The quantitative estimate of drug-likeness (QED) is 0.500. The van der Waals surface area contributed by atoms with Gasteiger partial charge in [-0.15, -0.1) is 0 Å². The van der Waals surface area contributed by atoms with E-state index < -0.39 is 10.8 Å². The van der Waals surface area contributed by atoms with E-state index in [4.69, 9.17) is 11.6 Å². The van der Waals surface area contributed by atoms with Crippen LogP contribution in [0.4, 0.5) is 10.1 Å². The molecule has 3 rings (SSSR count). The number of nitrogens with zero attached hydrogens (tertiary/aromatic N) is 3. The summed E-state index contributed by atoms with van der Waals surface area (Å²) >= 11 is 6.33. The topological polar surface area (TPSA) is 90.1 Å². The van der Waals surface area contributed by atoms with Crippen LogP contribution in [0.3, 0.4) is 0 Å². The molecule has 28 heavy (non-hydrogen) atoms. The Kier molecular flexibility index (Phi) is 5.70. The second-order valence-electron chi connectivity index (χ2n) is 6.10. The van der Waals surface area contributed by atoms with Crippen LogP contribution in [0.1, 0.15) is 27.2 Å². The highest BCUT2D eigenvalue weighted by Crippen LogP contribution is 2.22. The highest BCUT2D eigenvalue weighted by molar-refractivity contribution is 6.33. The molecule has 0 atom stereocenters. The summed E-state index contributed by atoms with van der Waals surface area (Å²) in [6.45, 7) is 1.90. The summed E-state index contributed by atoms with van der Waals surface area (Å²) < 4.78 is 14.5. The summed E-state index contributed by atoms with van der Waals surface area (Å²) in [6, 6.07) is 12.1. The standard InChI is InChI=1S/C19H16ClFN4O3/c1-12-17(18(20)24(23-12)11-13-6-8-15(21)9-7-13)19(26)22-10-14-4-2-3-5-16(14)25(27)28/h2-9H,10-11H2,1H3,(H,22,26). The molecule has 1 amide bonds. The van der Waals surface area contributed by atoms with Crippen molar-refractivity contribution in [2.24, 2.45) is 0 Å². The van der Waals surface area contributed by atoms with E-state index in [-0.39, 0.29) is 35.3 Å². The van der Waals surface area contributed by atoms with E-state index in [9.17, 15) is 19.3 Å². The largest absolute Gasteiger partial charge is 0.348 e. The van der Waals surface area contributed by atoms with E-state index in [2.05, 4.69) is 10.4 Å². The number of aromatic nitrogens is 2. The number of aryl methyl sites for hydroxylation is 1. The monoisotopic (exact) mass is 402 g/mol. The third-order valence-corrected chi connectivity index (χ3v) is 4.55. The highest BCUT2D eigenvalue weighted by atomic mass is 35.5. The molecule has 0 aliphatic rings. The molecule has 0 aliphatic carbocycles. The van der Waals surface area contributed by atoms with Gasteiger partial charge in [0.25, 0.3) is 11.6 Å². The van der Waals surface area contributed by atoms with Gasteiger partial charge < -0.3 is 5.32 Å². The Morgan fingerprint density at radius 3 is 2.61 bits per heavy atom. The molecule has 0 unspecified atom stereocenters.